The molecule has 0 saturated carbocycles. The van der Waals surface area contributed by atoms with E-state index in [1.165, 1.54) is 5.56 Å². The van der Waals surface area contributed by atoms with Crippen molar-refractivity contribution < 1.29 is 4.74 Å². The third-order valence-electron chi connectivity index (χ3n) is 6.58. The van der Waals surface area contributed by atoms with Gasteiger partial charge >= 0.3 is 0 Å². The van der Waals surface area contributed by atoms with Crippen LogP contribution in [0.15, 0.2) is 35.4 Å². The van der Waals surface area contributed by atoms with Gasteiger partial charge in [0.2, 0.25) is 0 Å². The van der Waals surface area contributed by atoms with Crippen molar-refractivity contribution in [3.8, 4) is 11.3 Å². The second-order valence-electron chi connectivity index (χ2n) is 10.6. The van der Waals surface area contributed by atoms with Crippen molar-refractivity contribution in [3.05, 3.63) is 51.5 Å². The van der Waals surface area contributed by atoms with Gasteiger partial charge in [-0.1, -0.05) is 43.4 Å². The summed E-state index contributed by atoms with van der Waals surface area (Å²) in [5.74, 6) is 0. The minimum atomic E-state index is -1.21. The molecular weight excluding hydrogens is 494 g/mol. The highest BCUT2D eigenvalue weighted by atomic mass is 35.5. The van der Waals surface area contributed by atoms with Gasteiger partial charge < -0.3 is 15.0 Å². The number of benzene rings is 1. The highest BCUT2D eigenvalue weighted by Gasteiger charge is 2.26. The molecule has 0 saturated heterocycles. The number of hydrogen-bond acceptors (Lipinski definition) is 6. The SMILES string of the molecule is CN1Cc2cn(C)nc2-c2cccc(Nc3c(Cl)cnc4c3c(=O)n(C)n4COCC[Si](C)(C)C)c21. The maximum absolute atomic E-state index is 13.4. The standard InChI is InChI=1S/C25H32ClN7O2Si/c1-30-13-16-14-31(2)29-21(16)17-8-7-9-19(23(17)30)28-22-18(26)12-27-24-20(22)25(34)32(3)33(24)15-35-10-11-36(4,5)6/h7-9,12,14H,10-11,13,15H2,1-6H3,(H,27,28). The van der Waals surface area contributed by atoms with Crippen LogP contribution in [0, 0.1) is 0 Å². The molecule has 11 heteroatoms. The summed E-state index contributed by atoms with van der Waals surface area (Å²) >= 11 is 6.63. The van der Waals surface area contributed by atoms with Crippen molar-refractivity contribution in [1.29, 1.82) is 0 Å². The molecule has 1 aliphatic rings. The maximum atomic E-state index is 13.4. The van der Waals surface area contributed by atoms with Crippen molar-refractivity contribution in [3.63, 3.8) is 0 Å². The number of nitrogens with one attached hydrogen (secondary N) is 1. The van der Waals surface area contributed by atoms with Gasteiger partial charge in [-0.3, -0.25) is 9.48 Å². The van der Waals surface area contributed by atoms with Crippen LogP contribution < -0.4 is 15.8 Å². The molecule has 9 nitrogen and oxygen atoms in total. The first-order valence-corrected chi connectivity index (χ1v) is 16.1. The molecule has 190 valence electrons. The van der Waals surface area contributed by atoms with Crippen molar-refractivity contribution in [2.75, 3.05) is 23.9 Å². The summed E-state index contributed by atoms with van der Waals surface area (Å²) in [4.78, 5) is 20.0. The lowest BCUT2D eigenvalue weighted by Crippen LogP contribution is -2.24. The fraction of sp³-hybridized carbons (Fsp3) is 0.400. The number of aryl methyl sites for hydroxylation is 1. The van der Waals surface area contributed by atoms with Crippen LogP contribution in [0.25, 0.3) is 22.3 Å². The summed E-state index contributed by atoms with van der Waals surface area (Å²) < 4.78 is 11.1. The van der Waals surface area contributed by atoms with E-state index in [1.54, 1.807) is 22.6 Å². The maximum Gasteiger partial charge on any atom is 0.278 e. The highest BCUT2D eigenvalue weighted by Crippen LogP contribution is 2.44. The molecule has 0 amide bonds. The molecule has 0 radical (unpaired) electrons. The summed E-state index contributed by atoms with van der Waals surface area (Å²) in [5, 5.41) is 8.97. The van der Waals surface area contributed by atoms with Crippen LogP contribution in [-0.2, 0) is 32.1 Å². The van der Waals surface area contributed by atoms with E-state index in [1.807, 2.05) is 23.9 Å². The Balaban J connectivity index is 1.54. The highest BCUT2D eigenvalue weighted by molar-refractivity contribution is 6.76. The normalized spacial score (nSPS) is 13.2. The van der Waals surface area contributed by atoms with Crippen molar-refractivity contribution in [1.82, 2.24) is 24.1 Å². The van der Waals surface area contributed by atoms with Crippen LogP contribution in [-0.4, -0.2) is 45.9 Å². The monoisotopic (exact) mass is 525 g/mol. The Morgan fingerprint density at radius 2 is 1.97 bits per heavy atom. The predicted octanol–water partition coefficient (Wildman–Crippen LogP) is 4.79. The van der Waals surface area contributed by atoms with Crippen LogP contribution in [0.1, 0.15) is 5.56 Å². The first-order chi connectivity index (χ1) is 17.0. The lowest BCUT2D eigenvalue weighted by atomic mass is 9.99. The molecule has 0 spiro atoms. The summed E-state index contributed by atoms with van der Waals surface area (Å²) in [6.07, 6.45) is 3.64. The van der Waals surface area contributed by atoms with Crippen LogP contribution in [0.4, 0.5) is 17.1 Å². The third-order valence-corrected chi connectivity index (χ3v) is 8.57. The van der Waals surface area contributed by atoms with Gasteiger partial charge in [0.25, 0.3) is 5.56 Å². The molecule has 1 aliphatic heterocycles. The fourth-order valence-electron chi connectivity index (χ4n) is 4.69. The minimum absolute atomic E-state index is 0.179. The number of pyridine rings is 1. The molecule has 5 rings (SSSR count). The zero-order valence-electron chi connectivity index (χ0n) is 21.6. The number of halogens is 1. The van der Waals surface area contributed by atoms with Gasteiger partial charge in [0.1, 0.15) is 12.1 Å². The molecule has 0 atom stereocenters. The lowest BCUT2D eigenvalue weighted by molar-refractivity contribution is 0.0732. The zero-order chi connectivity index (χ0) is 25.8. The Bertz CT molecular complexity index is 1520. The molecule has 1 N–H and O–H groups in total. The second-order valence-corrected chi connectivity index (χ2v) is 16.6. The van der Waals surface area contributed by atoms with E-state index in [0.29, 0.717) is 28.4 Å². The molecule has 1 aromatic carbocycles. The van der Waals surface area contributed by atoms with Gasteiger partial charge in [-0.05, 0) is 12.1 Å². The summed E-state index contributed by atoms with van der Waals surface area (Å²) in [6.45, 7) is 8.58. The van der Waals surface area contributed by atoms with Crippen molar-refractivity contribution in [2.45, 2.75) is 39.0 Å². The number of ether oxygens (including phenoxy) is 1. The molecule has 0 aliphatic carbocycles. The van der Waals surface area contributed by atoms with E-state index in [2.05, 4.69) is 59.3 Å². The molecule has 0 fully saturated rings. The second kappa shape index (κ2) is 9.09. The Kier molecular flexibility index (Phi) is 6.22. The van der Waals surface area contributed by atoms with E-state index in [0.717, 1.165) is 35.2 Å². The summed E-state index contributed by atoms with van der Waals surface area (Å²) in [6, 6.07) is 7.10. The van der Waals surface area contributed by atoms with E-state index >= 15 is 0 Å². The van der Waals surface area contributed by atoms with E-state index in [-0.39, 0.29) is 12.3 Å². The number of aromatic nitrogens is 5. The largest absolute Gasteiger partial charge is 0.368 e. The Morgan fingerprint density at radius 1 is 1.19 bits per heavy atom. The minimum Gasteiger partial charge on any atom is -0.368 e. The molecule has 3 aromatic heterocycles. The molecule has 0 unspecified atom stereocenters. The molecule has 4 heterocycles. The van der Waals surface area contributed by atoms with Crippen LogP contribution in [0.3, 0.4) is 0 Å². The average molecular weight is 526 g/mol. The Labute approximate surface area is 216 Å². The zero-order valence-corrected chi connectivity index (χ0v) is 23.3. The fourth-order valence-corrected chi connectivity index (χ4v) is 5.63. The first-order valence-electron chi connectivity index (χ1n) is 12.0. The average Bonchev–Trinajstić information content (AvgIpc) is 3.29. The van der Waals surface area contributed by atoms with E-state index < -0.39 is 8.07 Å². The number of fused-ring (bicyclic) bond motifs is 4. The number of para-hydroxylation sites is 1. The number of rotatable bonds is 7. The molecule has 0 bridgehead atoms. The smallest absolute Gasteiger partial charge is 0.278 e. The van der Waals surface area contributed by atoms with Gasteiger partial charge in [-0.25, -0.2) is 14.3 Å². The predicted molar refractivity (Wildman–Crippen MR) is 148 cm³/mol. The van der Waals surface area contributed by atoms with Crippen LogP contribution in [0.5, 0.6) is 0 Å². The topological polar surface area (TPSA) is 82.1 Å². The molecule has 4 aromatic rings. The summed E-state index contributed by atoms with van der Waals surface area (Å²) in [7, 11) is 4.50. The van der Waals surface area contributed by atoms with Gasteiger partial charge in [-0.2, -0.15) is 5.10 Å². The number of anilines is 3. The quantitative estimate of drug-likeness (QED) is 0.276. The van der Waals surface area contributed by atoms with Gasteiger partial charge in [0.05, 0.1) is 34.0 Å². The Hall–Kier alpha value is -3.08. The number of hydrogen-bond donors (Lipinski definition) is 1. The van der Waals surface area contributed by atoms with Gasteiger partial charge in [-0.15, -0.1) is 0 Å². The lowest BCUT2D eigenvalue weighted by Gasteiger charge is -2.29. The van der Waals surface area contributed by atoms with Crippen LogP contribution >= 0.6 is 11.6 Å². The third kappa shape index (κ3) is 4.33. The van der Waals surface area contributed by atoms with E-state index in [9.17, 15) is 4.79 Å². The van der Waals surface area contributed by atoms with Crippen molar-refractivity contribution >= 4 is 47.8 Å². The van der Waals surface area contributed by atoms with E-state index in [4.69, 9.17) is 16.3 Å². The van der Waals surface area contributed by atoms with Crippen LogP contribution in [0.2, 0.25) is 30.7 Å². The first kappa shape index (κ1) is 24.6. The number of nitrogens with zero attached hydrogens (tertiary/aromatic N) is 6. The molecular formula is C25H32ClN7O2Si. The Morgan fingerprint density at radius 3 is 2.72 bits per heavy atom. The van der Waals surface area contributed by atoms with Gasteiger partial charge in [0.15, 0.2) is 5.65 Å². The van der Waals surface area contributed by atoms with Gasteiger partial charge in [0, 0.05) is 59.7 Å². The molecule has 36 heavy (non-hydrogen) atoms. The van der Waals surface area contributed by atoms with Crippen molar-refractivity contribution in [2.24, 2.45) is 14.1 Å². The summed E-state index contributed by atoms with van der Waals surface area (Å²) in [5.41, 5.74) is 5.93.